The van der Waals surface area contributed by atoms with Gasteiger partial charge in [0.15, 0.2) is 16.1 Å². The Bertz CT molecular complexity index is 1500. The third-order valence-corrected chi connectivity index (χ3v) is 7.48. The molecule has 2 amide bonds. The molecule has 0 radical (unpaired) electrons. The molecule has 38 heavy (non-hydrogen) atoms. The van der Waals surface area contributed by atoms with E-state index < -0.39 is 11.0 Å². The minimum atomic E-state index is -0.429. The molecule has 2 N–H and O–H groups in total. The maximum Gasteiger partial charge on any atom is 0.272 e. The van der Waals surface area contributed by atoms with E-state index in [0.717, 1.165) is 5.56 Å². The van der Waals surface area contributed by atoms with Crippen LogP contribution in [-0.4, -0.2) is 42.2 Å². The number of hydrogen-bond acceptors (Lipinski definition) is 9. The van der Waals surface area contributed by atoms with Crippen LogP contribution in [0.5, 0.6) is 0 Å². The predicted molar refractivity (Wildman–Crippen MR) is 146 cm³/mol. The maximum absolute atomic E-state index is 12.5. The Kier molecular flexibility index (Phi) is 8.17. The number of rotatable bonds is 9. The molecule has 0 bridgehead atoms. The lowest BCUT2D eigenvalue weighted by atomic mass is 10.1. The van der Waals surface area contributed by atoms with Gasteiger partial charge >= 0.3 is 0 Å². The Morgan fingerprint density at radius 2 is 1.89 bits per heavy atom. The fraction of sp³-hybridized carbons (Fsp3) is 0.240. The standard InChI is InChI=1S/C25H25N7O4S2/c1-14-5-8-17(9-6-14)23(34)26-16(3)22-29-30-25(31(22)4)38-13-21(33)28-24-27-19(12-37-24)18-10-7-15(2)20(11-18)32(35)36/h5-12,16H,13H2,1-4H3,(H,26,34)(H,27,28,33)/t16-/m0/s1. The summed E-state index contributed by atoms with van der Waals surface area (Å²) >= 11 is 2.44. The van der Waals surface area contributed by atoms with Crippen LogP contribution >= 0.6 is 23.1 Å². The highest BCUT2D eigenvalue weighted by Gasteiger charge is 2.20. The summed E-state index contributed by atoms with van der Waals surface area (Å²) in [7, 11) is 1.78. The van der Waals surface area contributed by atoms with E-state index in [2.05, 4.69) is 25.8 Å². The Labute approximate surface area is 226 Å². The van der Waals surface area contributed by atoms with E-state index >= 15 is 0 Å². The number of carbonyl (C=O) groups is 2. The summed E-state index contributed by atoms with van der Waals surface area (Å²) in [5.41, 5.74) is 3.35. The van der Waals surface area contributed by atoms with Crippen LogP contribution in [0.25, 0.3) is 11.3 Å². The van der Waals surface area contributed by atoms with Gasteiger partial charge in [0, 0.05) is 35.2 Å². The molecule has 1 atom stereocenters. The molecule has 0 fully saturated rings. The van der Waals surface area contributed by atoms with E-state index in [9.17, 15) is 19.7 Å². The van der Waals surface area contributed by atoms with Gasteiger partial charge in [0.25, 0.3) is 11.6 Å². The molecule has 0 saturated carbocycles. The number of anilines is 1. The molecule has 0 spiro atoms. The first kappa shape index (κ1) is 26.9. The fourth-order valence-electron chi connectivity index (χ4n) is 3.59. The normalized spacial score (nSPS) is 11.7. The third kappa shape index (κ3) is 6.23. The summed E-state index contributed by atoms with van der Waals surface area (Å²) in [4.78, 5) is 40.2. The zero-order chi connectivity index (χ0) is 27.4. The van der Waals surface area contributed by atoms with Crippen molar-refractivity contribution in [3.05, 3.63) is 80.5 Å². The van der Waals surface area contributed by atoms with E-state index in [4.69, 9.17) is 0 Å². The van der Waals surface area contributed by atoms with Gasteiger partial charge in [-0.25, -0.2) is 4.98 Å². The SMILES string of the molecule is Cc1ccc(C(=O)N[C@@H](C)c2nnc(SCC(=O)Nc3nc(-c4ccc(C)c([N+](=O)[O-])c4)cs3)n2C)cc1. The smallest absolute Gasteiger partial charge is 0.272 e. The van der Waals surface area contributed by atoms with Crippen LogP contribution < -0.4 is 10.6 Å². The van der Waals surface area contributed by atoms with Gasteiger partial charge in [-0.1, -0.05) is 41.6 Å². The van der Waals surface area contributed by atoms with Gasteiger partial charge in [-0.3, -0.25) is 19.7 Å². The minimum Gasteiger partial charge on any atom is -0.342 e. The molecule has 4 rings (SSSR count). The van der Waals surface area contributed by atoms with E-state index in [0.29, 0.717) is 38.5 Å². The van der Waals surface area contributed by atoms with Gasteiger partial charge in [0.1, 0.15) is 0 Å². The fourth-order valence-corrected chi connectivity index (χ4v) is 5.05. The molecule has 0 aliphatic carbocycles. The Balaban J connectivity index is 1.33. The summed E-state index contributed by atoms with van der Waals surface area (Å²) in [5, 5.41) is 27.9. The molecule has 0 aliphatic rings. The van der Waals surface area contributed by atoms with Gasteiger partial charge in [0.2, 0.25) is 5.91 Å². The van der Waals surface area contributed by atoms with Gasteiger partial charge in [-0.15, -0.1) is 21.5 Å². The second-order valence-corrected chi connectivity index (χ2v) is 10.4. The number of amides is 2. The van der Waals surface area contributed by atoms with Crippen LogP contribution in [0.15, 0.2) is 53.0 Å². The number of nitrogens with one attached hydrogen (secondary N) is 2. The summed E-state index contributed by atoms with van der Waals surface area (Å²) in [6, 6.07) is 11.8. The van der Waals surface area contributed by atoms with E-state index in [1.165, 1.54) is 29.2 Å². The molecule has 13 heteroatoms. The number of benzene rings is 2. The monoisotopic (exact) mass is 551 g/mol. The number of carbonyl (C=O) groups excluding carboxylic acids is 2. The maximum atomic E-state index is 12.5. The van der Waals surface area contributed by atoms with Gasteiger partial charge in [0.05, 0.1) is 22.4 Å². The highest BCUT2D eigenvalue weighted by atomic mass is 32.2. The first-order chi connectivity index (χ1) is 18.1. The van der Waals surface area contributed by atoms with E-state index in [1.54, 1.807) is 48.2 Å². The number of hydrogen-bond donors (Lipinski definition) is 2. The van der Waals surface area contributed by atoms with Crippen molar-refractivity contribution < 1.29 is 14.5 Å². The van der Waals surface area contributed by atoms with Crippen LogP contribution in [0.2, 0.25) is 0 Å². The lowest BCUT2D eigenvalue weighted by molar-refractivity contribution is -0.385. The lowest BCUT2D eigenvalue weighted by Crippen LogP contribution is -2.28. The van der Waals surface area contributed by atoms with Gasteiger partial charge in [-0.2, -0.15) is 0 Å². The average molecular weight is 552 g/mol. The number of thioether (sulfide) groups is 1. The van der Waals surface area contributed by atoms with Crippen molar-refractivity contribution in [2.45, 2.75) is 32.0 Å². The third-order valence-electron chi connectivity index (χ3n) is 5.70. The van der Waals surface area contributed by atoms with Crippen LogP contribution in [0.4, 0.5) is 10.8 Å². The second kappa shape index (κ2) is 11.5. The van der Waals surface area contributed by atoms with Crippen molar-refractivity contribution in [2.75, 3.05) is 11.1 Å². The van der Waals surface area contributed by atoms with Crippen LogP contribution in [-0.2, 0) is 11.8 Å². The first-order valence-electron chi connectivity index (χ1n) is 11.5. The van der Waals surface area contributed by atoms with E-state index in [1.807, 2.05) is 26.0 Å². The van der Waals surface area contributed by atoms with Crippen molar-refractivity contribution >= 4 is 45.7 Å². The Morgan fingerprint density at radius 1 is 1.16 bits per heavy atom. The van der Waals surface area contributed by atoms with Crippen LogP contribution in [0.3, 0.4) is 0 Å². The van der Waals surface area contributed by atoms with Crippen LogP contribution in [0.1, 0.15) is 40.3 Å². The molecule has 196 valence electrons. The highest BCUT2D eigenvalue weighted by Crippen LogP contribution is 2.29. The number of nitro benzene ring substituents is 1. The van der Waals surface area contributed by atoms with Crippen molar-refractivity contribution in [3.63, 3.8) is 0 Å². The van der Waals surface area contributed by atoms with Crippen molar-refractivity contribution in [1.82, 2.24) is 25.1 Å². The summed E-state index contributed by atoms with van der Waals surface area (Å²) in [6.45, 7) is 5.45. The second-order valence-electron chi connectivity index (χ2n) is 8.59. The number of aromatic nitrogens is 4. The zero-order valence-electron chi connectivity index (χ0n) is 21.1. The zero-order valence-corrected chi connectivity index (χ0v) is 22.7. The molecule has 0 unspecified atom stereocenters. The predicted octanol–water partition coefficient (Wildman–Crippen LogP) is 4.69. The molecule has 11 nitrogen and oxygen atoms in total. The topological polar surface area (TPSA) is 145 Å². The van der Waals surface area contributed by atoms with Crippen LogP contribution in [0, 0.1) is 24.0 Å². The molecule has 2 aromatic carbocycles. The average Bonchev–Trinajstić information content (AvgIpc) is 3.49. The van der Waals surface area contributed by atoms with E-state index in [-0.39, 0.29) is 23.3 Å². The number of nitrogens with zero attached hydrogens (tertiary/aromatic N) is 5. The number of thiazole rings is 1. The summed E-state index contributed by atoms with van der Waals surface area (Å²) in [5.74, 6) is 0.138. The molecule has 2 heterocycles. The summed E-state index contributed by atoms with van der Waals surface area (Å²) < 4.78 is 1.74. The lowest BCUT2D eigenvalue weighted by Gasteiger charge is -2.13. The number of nitro groups is 1. The minimum absolute atomic E-state index is 0.0181. The van der Waals surface area contributed by atoms with Gasteiger partial charge < -0.3 is 15.2 Å². The molecule has 0 saturated heterocycles. The van der Waals surface area contributed by atoms with Crippen molar-refractivity contribution in [2.24, 2.45) is 7.05 Å². The molecule has 0 aliphatic heterocycles. The van der Waals surface area contributed by atoms with Crippen molar-refractivity contribution in [3.8, 4) is 11.3 Å². The molecule has 2 aromatic heterocycles. The van der Waals surface area contributed by atoms with Crippen molar-refractivity contribution in [1.29, 1.82) is 0 Å². The Hall–Kier alpha value is -4.10. The molecular formula is C25H25N7O4S2. The number of aryl methyl sites for hydroxylation is 2. The highest BCUT2D eigenvalue weighted by molar-refractivity contribution is 7.99. The first-order valence-corrected chi connectivity index (χ1v) is 13.4. The quantitative estimate of drug-likeness (QED) is 0.173. The molecular weight excluding hydrogens is 526 g/mol. The molecule has 4 aromatic rings. The Morgan fingerprint density at radius 3 is 2.61 bits per heavy atom. The largest absolute Gasteiger partial charge is 0.342 e. The van der Waals surface area contributed by atoms with Gasteiger partial charge in [-0.05, 0) is 32.9 Å². The summed E-state index contributed by atoms with van der Waals surface area (Å²) in [6.07, 6.45) is 0.